The number of hydrogen-bond donors (Lipinski definition) is 1. The maximum absolute atomic E-state index is 13.6. The molecule has 0 saturated carbocycles. The van der Waals surface area contributed by atoms with Crippen LogP contribution in [0.15, 0.2) is 83.8 Å². The number of esters is 1. The number of benzene rings is 3. The van der Waals surface area contributed by atoms with Gasteiger partial charge in [0.15, 0.2) is 0 Å². The Hall–Kier alpha value is -3.94. The third-order valence-corrected chi connectivity index (χ3v) is 8.45. The van der Waals surface area contributed by atoms with Crippen molar-refractivity contribution in [1.29, 1.82) is 0 Å². The Labute approximate surface area is 216 Å². The van der Waals surface area contributed by atoms with Crippen LogP contribution in [0.5, 0.6) is 0 Å². The topological polar surface area (TPSA) is 85.6 Å². The average Bonchev–Trinajstić information content (AvgIpc) is 3.49. The molecule has 1 aliphatic carbocycles. The summed E-state index contributed by atoms with van der Waals surface area (Å²) in [5.41, 5.74) is 7.13. The highest BCUT2D eigenvalue weighted by Gasteiger charge is 2.33. The lowest BCUT2D eigenvalue weighted by Crippen LogP contribution is -2.21. The lowest BCUT2D eigenvalue weighted by Gasteiger charge is -2.12. The van der Waals surface area contributed by atoms with E-state index in [2.05, 4.69) is 6.07 Å². The minimum Gasteiger partial charge on any atom is -0.464 e. The van der Waals surface area contributed by atoms with E-state index in [1.807, 2.05) is 55.5 Å². The van der Waals surface area contributed by atoms with E-state index in [-0.39, 0.29) is 17.2 Å². The van der Waals surface area contributed by atoms with Crippen LogP contribution < -0.4 is 0 Å². The molecule has 5 rings (SSSR count). The van der Waals surface area contributed by atoms with Crippen molar-refractivity contribution in [3.05, 3.63) is 113 Å². The molecule has 37 heavy (non-hydrogen) atoms. The molecular weight excluding hydrogens is 486 g/mol. The van der Waals surface area contributed by atoms with Gasteiger partial charge in [-0.2, -0.15) is 0 Å². The maximum Gasteiger partial charge on any atom is 0.355 e. The number of aliphatic hydroxyl groups is 1. The summed E-state index contributed by atoms with van der Waals surface area (Å²) in [4.78, 5) is 12.8. The van der Waals surface area contributed by atoms with E-state index in [1.54, 1.807) is 30.3 Å². The van der Waals surface area contributed by atoms with Crippen LogP contribution in [-0.4, -0.2) is 30.6 Å². The molecule has 0 bridgehead atoms. The highest BCUT2D eigenvalue weighted by molar-refractivity contribution is 7.90. The molecule has 0 saturated heterocycles. The number of allylic oxidation sites excluding steroid dienone is 1. The molecule has 4 aromatic rings. The molecule has 1 heterocycles. The van der Waals surface area contributed by atoms with Gasteiger partial charge in [0, 0.05) is 11.3 Å². The van der Waals surface area contributed by atoms with Crippen molar-refractivity contribution in [2.45, 2.75) is 31.3 Å². The molecular formula is C30H27NO5S. The van der Waals surface area contributed by atoms with Crippen molar-refractivity contribution in [2.75, 3.05) is 7.11 Å². The molecule has 1 aromatic heterocycles. The minimum atomic E-state index is -4.00. The molecule has 7 heteroatoms. The van der Waals surface area contributed by atoms with Gasteiger partial charge in [-0.25, -0.2) is 17.2 Å². The number of aromatic nitrogens is 1. The molecule has 0 fully saturated rings. The summed E-state index contributed by atoms with van der Waals surface area (Å²) >= 11 is 0. The van der Waals surface area contributed by atoms with Crippen LogP contribution in [0, 0.1) is 6.92 Å². The number of methoxy groups -OCH3 is 1. The summed E-state index contributed by atoms with van der Waals surface area (Å²) in [6.07, 6.45) is 3.19. The van der Waals surface area contributed by atoms with Gasteiger partial charge in [-0.3, -0.25) is 0 Å². The van der Waals surface area contributed by atoms with Gasteiger partial charge in [-0.05, 0) is 71.9 Å². The Morgan fingerprint density at radius 1 is 0.973 bits per heavy atom. The third-order valence-electron chi connectivity index (χ3n) is 6.68. The fourth-order valence-electron chi connectivity index (χ4n) is 4.73. The van der Waals surface area contributed by atoms with Crippen LogP contribution in [-0.2, 0) is 27.8 Å². The molecule has 1 N–H and O–H groups in total. The van der Waals surface area contributed by atoms with Crippen LogP contribution in [0.4, 0.5) is 0 Å². The van der Waals surface area contributed by atoms with Crippen LogP contribution in [0.3, 0.4) is 0 Å². The fraction of sp³-hybridized carbons (Fsp3) is 0.167. The Bertz CT molecular complexity index is 1610. The highest BCUT2D eigenvalue weighted by atomic mass is 32.2. The lowest BCUT2D eigenvalue weighted by molar-refractivity contribution is 0.0592. The second-order valence-electron chi connectivity index (χ2n) is 9.11. The van der Waals surface area contributed by atoms with Gasteiger partial charge >= 0.3 is 5.97 Å². The van der Waals surface area contributed by atoms with Crippen molar-refractivity contribution in [1.82, 2.24) is 3.97 Å². The molecule has 0 aliphatic heterocycles. The van der Waals surface area contributed by atoms with Crippen LogP contribution in [0.25, 0.3) is 22.8 Å². The number of ether oxygens (including phenoxy) is 1. The predicted octanol–water partition coefficient (Wildman–Crippen LogP) is 5.47. The normalized spacial score (nSPS) is 14.1. The van der Waals surface area contributed by atoms with E-state index >= 15 is 0 Å². The summed E-state index contributed by atoms with van der Waals surface area (Å²) in [6, 6.07) is 24.0. The summed E-state index contributed by atoms with van der Waals surface area (Å²) in [5.74, 6) is -0.697. The van der Waals surface area contributed by atoms with Gasteiger partial charge < -0.3 is 9.84 Å². The van der Waals surface area contributed by atoms with Gasteiger partial charge in [-0.1, -0.05) is 66.2 Å². The number of aliphatic hydroxyl groups excluding tert-OH is 1. The average molecular weight is 514 g/mol. The van der Waals surface area contributed by atoms with E-state index in [4.69, 9.17) is 4.74 Å². The van der Waals surface area contributed by atoms with E-state index < -0.39 is 16.0 Å². The lowest BCUT2D eigenvalue weighted by atomic mass is 10.00. The molecule has 0 amide bonds. The number of fused-ring (bicyclic) bond motifs is 1. The first kappa shape index (κ1) is 24.7. The molecule has 0 unspecified atom stereocenters. The van der Waals surface area contributed by atoms with Gasteiger partial charge in [0.2, 0.25) is 0 Å². The first-order valence-corrected chi connectivity index (χ1v) is 13.4. The van der Waals surface area contributed by atoms with Crippen molar-refractivity contribution in [3.8, 4) is 11.1 Å². The van der Waals surface area contributed by atoms with E-state index in [0.29, 0.717) is 18.5 Å². The largest absolute Gasteiger partial charge is 0.464 e. The predicted molar refractivity (Wildman–Crippen MR) is 144 cm³/mol. The van der Waals surface area contributed by atoms with Crippen molar-refractivity contribution in [2.24, 2.45) is 0 Å². The number of nitrogens with zero attached hydrogens (tertiary/aromatic N) is 1. The zero-order valence-electron chi connectivity index (χ0n) is 20.6. The minimum absolute atomic E-state index is 0.00158. The second kappa shape index (κ2) is 9.84. The van der Waals surface area contributed by atoms with Gasteiger partial charge in [0.25, 0.3) is 10.0 Å². The van der Waals surface area contributed by atoms with E-state index in [9.17, 15) is 18.3 Å². The first-order chi connectivity index (χ1) is 17.8. The van der Waals surface area contributed by atoms with Gasteiger partial charge in [0.1, 0.15) is 5.69 Å². The number of rotatable bonds is 6. The Kier molecular flexibility index (Phi) is 6.58. The smallest absolute Gasteiger partial charge is 0.355 e. The standard InChI is InChI=1S/C30H27NO5S/c1-20-6-13-26(14-7-20)37(34,35)31-28-15-12-25(27(28)18-29(31)30(33)36-2)17-22-4-3-5-24(16-22)23-10-8-21(19-32)9-11-23/h3-11,13-14,16-18,32H,12,15,19H2,1-2H3/b25-17+. The van der Waals surface area contributed by atoms with Crippen molar-refractivity contribution in [3.63, 3.8) is 0 Å². The number of hydrogen-bond acceptors (Lipinski definition) is 5. The van der Waals surface area contributed by atoms with Crippen LogP contribution in [0.2, 0.25) is 0 Å². The summed E-state index contributed by atoms with van der Waals surface area (Å²) in [5, 5.41) is 9.30. The number of aryl methyl sites for hydroxylation is 1. The Morgan fingerprint density at radius 2 is 1.70 bits per heavy atom. The summed E-state index contributed by atoms with van der Waals surface area (Å²) in [6.45, 7) is 1.89. The molecule has 1 aliphatic rings. The van der Waals surface area contributed by atoms with E-state index in [1.165, 1.54) is 7.11 Å². The summed E-state index contributed by atoms with van der Waals surface area (Å²) < 4.78 is 33.4. The molecule has 3 aromatic carbocycles. The number of carbonyl (C=O) groups is 1. The molecule has 188 valence electrons. The van der Waals surface area contributed by atoms with Crippen LogP contribution in [0.1, 0.15) is 44.9 Å². The third kappa shape index (κ3) is 4.63. The van der Waals surface area contributed by atoms with Gasteiger partial charge in [0.05, 0.1) is 18.6 Å². The quantitative estimate of drug-likeness (QED) is 0.346. The molecule has 0 spiro atoms. The molecule has 0 radical (unpaired) electrons. The number of carbonyl (C=O) groups excluding carboxylic acids is 1. The zero-order valence-corrected chi connectivity index (χ0v) is 21.5. The first-order valence-electron chi connectivity index (χ1n) is 12.0. The SMILES string of the molecule is COC(=O)c1cc2c(n1S(=O)(=O)c1ccc(C)cc1)CC/C2=C\c1cccc(-c2ccc(CO)cc2)c1. The highest BCUT2D eigenvalue weighted by Crippen LogP contribution is 2.38. The summed E-state index contributed by atoms with van der Waals surface area (Å²) in [7, 11) is -2.75. The van der Waals surface area contributed by atoms with Crippen molar-refractivity contribution >= 4 is 27.6 Å². The molecule has 6 nitrogen and oxygen atoms in total. The molecule has 0 atom stereocenters. The maximum atomic E-state index is 13.6. The van der Waals surface area contributed by atoms with Crippen LogP contribution >= 0.6 is 0 Å². The monoisotopic (exact) mass is 513 g/mol. The second-order valence-corrected chi connectivity index (χ2v) is 10.9. The Balaban J connectivity index is 1.57. The van der Waals surface area contributed by atoms with Crippen molar-refractivity contribution < 1.29 is 23.1 Å². The zero-order chi connectivity index (χ0) is 26.2. The van der Waals surface area contributed by atoms with E-state index in [0.717, 1.165) is 42.9 Å². The Morgan fingerprint density at radius 3 is 2.38 bits per heavy atom. The van der Waals surface area contributed by atoms with Gasteiger partial charge in [-0.15, -0.1) is 0 Å². The fourth-order valence-corrected chi connectivity index (χ4v) is 6.29.